The van der Waals surface area contributed by atoms with Gasteiger partial charge in [-0.05, 0) is 17.2 Å². The van der Waals surface area contributed by atoms with Crippen LogP contribution in [0.2, 0.25) is 0 Å². The Kier molecular flexibility index (Phi) is 5.86. The van der Waals surface area contributed by atoms with Crippen molar-refractivity contribution in [2.75, 3.05) is 19.6 Å². The second kappa shape index (κ2) is 8.29. The summed E-state index contributed by atoms with van der Waals surface area (Å²) in [6.45, 7) is 6.23. The maximum absolute atomic E-state index is 12.2. The Morgan fingerprint density at radius 2 is 1.88 bits per heavy atom. The number of nitrogens with one attached hydrogen (secondary N) is 2. The number of hydrogen-bond acceptors (Lipinski definition) is 1. The molecule has 0 saturated carbocycles. The van der Waals surface area contributed by atoms with Crippen molar-refractivity contribution in [3.05, 3.63) is 48.0 Å². The van der Waals surface area contributed by atoms with Crippen LogP contribution in [-0.2, 0) is 11.3 Å². The minimum atomic E-state index is 0.220. The summed E-state index contributed by atoms with van der Waals surface area (Å²) in [7, 11) is 0. The summed E-state index contributed by atoms with van der Waals surface area (Å²) in [6, 6.07) is 15.2. The molecule has 0 aromatic heterocycles. The highest BCUT2D eigenvalue weighted by molar-refractivity contribution is 5.85. The number of rotatable bonds is 6. The third kappa shape index (κ3) is 4.15. The van der Waals surface area contributed by atoms with Crippen molar-refractivity contribution < 1.29 is 9.69 Å². The minimum Gasteiger partial charge on any atom is -0.356 e. The zero-order valence-electron chi connectivity index (χ0n) is 14.7. The zero-order valence-corrected chi connectivity index (χ0v) is 14.7. The van der Waals surface area contributed by atoms with E-state index in [9.17, 15) is 4.79 Å². The molecule has 1 aliphatic rings. The summed E-state index contributed by atoms with van der Waals surface area (Å²) in [5.41, 5.74) is 1.42. The van der Waals surface area contributed by atoms with Crippen molar-refractivity contribution >= 4 is 16.7 Å². The highest BCUT2D eigenvalue weighted by Gasteiger charge is 2.27. The monoisotopic (exact) mass is 325 g/mol. The average molecular weight is 325 g/mol. The second-order valence-corrected chi connectivity index (χ2v) is 6.98. The van der Waals surface area contributed by atoms with E-state index in [-0.39, 0.29) is 11.8 Å². The number of quaternary nitrogens is 1. The van der Waals surface area contributed by atoms with Crippen LogP contribution in [0.5, 0.6) is 0 Å². The van der Waals surface area contributed by atoms with E-state index in [1.165, 1.54) is 16.3 Å². The molecule has 3 heteroatoms. The highest BCUT2D eigenvalue weighted by Crippen LogP contribution is 2.18. The molecule has 2 N–H and O–H groups in total. The van der Waals surface area contributed by atoms with Gasteiger partial charge in [0.05, 0.1) is 13.1 Å². The summed E-state index contributed by atoms with van der Waals surface area (Å²) in [5, 5.41) is 5.78. The average Bonchev–Trinajstić information content (AvgIpc) is 2.63. The fourth-order valence-corrected chi connectivity index (χ4v) is 3.71. The second-order valence-electron chi connectivity index (χ2n) is 6.98. The van der Waals surface area contributed by atoms with Gasteiger partial charge in [-0.1, -0.05) is 55.8 Å². The molecule has 0 atom stereocenters. The smallest absolute Gasteiger partial charge is 0.223 e. The van der Waals surface area contributed by atoms with Crippen LogP contribution >= 0.6 is 0 Å². The first-order chi connectivity index (χ1) is 11.8. The summed E-state index contributed by atoms with van der Waals surface area (Å²) in [6.07, 6.45) is 4.24. The Morgan fingerprint density at radius 1 is 1.12 bits per heavy atom. The van der Waals surface area contributed by atoms with Crippen LogP contribution in [0.1, 0.15) is 38.2 Å². The fraction of sp³-hybridized carbons (Fsp3) is 0.476. The van der Waals surface area contributed by atoms with Crippen molar-refractivity contribution in [3.63, 3.8) is 0 Å². The summed E-state index contributed by atoms with van der Waals surface area (Å²) >= 11 is 0. The number of piperidine rings is 1. The number of fused-ring (bicyclic) bond motifs is 1. The summed E-state index contributed by atoms with van der Waals surface area (Å²) in [4.78, 5) is 13.8. The molecular weight excluding hydrogens is 296 g/mol. The van der Waals surface area contributed by atoms with E-state index >= 15 is 0 Å². The van der Waals surface area contributed by atoms with Crippen LogP contribution in [0.25, 0.3) is 10.8 Å². The number of amides is 1. The molecule has 2 aromatic carbocycles. The molecule has 2 aromatic rings. The molecule has 0 aliphatic carbocycles. The predicted octanol–water partition coefficient (Wildman–Crippen LogP) is 2.55. The van der Waals surface area contributed by atoms with Gasteiger partial charge in [0.1, 0.15) is 6.54 Å². The Labute approximate surface area is 145 Å². The molecule has 0 bridgehead atoms. The van der Waals surface area contributed by atoms with Crippen molar-refractivity contribution in [3.8, 4) is 0 Å². The first-order valence-corrected chi connectivity index (χ1v) is 9.36. The number of hydrogen-bond donors (Lipinski definition) is 2. The molecule has 3 rings (SSSR count). The molecule has 1 heterocycles. The molecule has 0 unspecified atom stereocenters. The molecule has 1 fully saturated rings. The topological polar surface area (TPSA) is 33.5 Å². The van der Waals surface area contributed by atoms with Gasteiger partial charge >= 0.3 is 0 Å². The lowest BCUT2D eigenvalue weighted by molar-refractivity contribution is -0.919. The lowest BCUT2D eigenvalue weighted by Crippen LogP contribution is -3.11. The van der Waals surface area contributed by atoms with Crippen LogP contribution in [-0.4, -0.2) is 25.5 Å². The van der Waals surface area contributed by atoms with E-state index < -0.39 is 0 Å². The third-order valence-electron chi connectivity index (χ3n) is 5.21. The fourth-order valence-electron chi connectivity index (χ4n) is 3.71. The van der Waals surface area contributed by atoms with Crippen molar-refractivity contribution in [2.24, 2.45) is 5.92 Å². The van der Waals surface area contributed by atoms with Crippen LogP contribution in [0.4, 0.5) is 0 Å². The van der Waals surface area contributed by atoms with Gasteiger partial charge in [-0.3, -0.25) is 4.79 Å². The number of unbranched alkanes of at least 4 members (excludes halogenated alkanes) is 1. The Morgan fingerprint density at radius 3 is 2.67 bits per heavy atom. The van der Waals surface area contributed by atoms with Crippen LogP contribution in [0.3, 0.4) is 0 Å². The van der Waals surface area contributed by atoms with Crippen molar-refractivity contribution in [2.45, 2.75) is 39.2 Å². The molecule has 0 spiro atoms. The first-order valence-electron chi connectivity index (χ1n) is 9.36. The molecule has 24 heavy (non-hydrogen) atoms. The standard InChI is InChI=1S/C21H28N2O/c1-2-3-13-22-21(24)18-11-14-23(15-12-18)16-19-9-6-8-17-7-4-5-10-20(17)19/h4-10,18H,2-3,11-16H2,1H3,(H,22,24)/p+1. The van der Waals surface area contributed by atoms with Gasteiger partial charge in [-0.25, -0.2) is 0 Å². The number of likely N-dealkylation sites (tertiary alicyclic amines) is 1. The predicted molar refractivity (Wildman–Crippen MR) is 99.0 cm³/mol. The molecule has 1 aliphatic heterocycles. The molecule has 128 valence electrons. The first kappa shape index (κ1) is 17.0. The molecule has 3 nitrogen and oxygen atoms in total. The highest BCUT2D eigenvalue weighted by atomic mass is 16.1. The normalized spacial score (nSPS) is 20.9. The molecular formula is C21H29N2O+. The Hall–Kier alpha value is -1.87. The maximum atomic E-state index is 12.2. The Bertz CT molecular complexity index is 669. The van der Waals surface area contributed by atoms with E-state index in [0.717, 1.165) is 51.9 Å². The van der Waals surface area contributed by atoms with Gasteiger partial charge in [0, 0.05) is 30.9 Å². The van der Waals surface area contributed by atoms with Gasteiger partial charge in [0.2, 0.25) is 5.91 Å². The lowest BCUT2D eigenvalue weighted by atomic mass is 9.95. The lowest BCUT2D eigenvalue weighted by Gasteiger charge is -2.29. The van der Waals surface area contributed by atoms with Crippen molar-refractivity contribution in [1.29, 1.82) is 0 Å². The molecule has 1 amide bonds. The minimum absolute atomic E-state index is 0.220. The van der Waals surface area contributed by atoms with E-state index in [1.807, 2.05) is 0 Å². The quantitative estimate of drug-likeness (QED) is 0.786. The SMILES string of the molecule is CCCCNC(=O)C1CC[NH+](Cc2cccc3ccccc23)CC1. The number of carbonyl (C=O) groups excluding carboxylic acids is 1. The van der Waals surface area contributed by atoms with Gasteiger partial charge in [0.25, 0.3) is 0 Å². The van der Waals surface area contributed by atoms with E-state index in [4.69, 9.17) is 0 Å². The largest absolute Gasteiger partial charge is 0.356 e. The number of carbonyl (C=O) groups is 1. The molecule has 1 saturated heterocycles. The Balaban J connectivity index is 1.54. The van der Waals surface area contributed by atoms with Gasteiger partial charge in [-0.2, -0.15) is 0 Å². The van der Waals surface area contributed by atoms with Crippen LogP contribution < -0.4 is 10.2 Å². The third-order valence-corrected chi connectivity index (χ3v) is 5.21. The van der Waals surface area contributed by atoms with Gasteiger partial charge < -0.3 is 10.2 Å². The van der Waals surface area contributed by atoms with E-state index in [1.54, 1.807) is 4.90 Å². The number of benzene rings is 2. The van der Waals surface area contributed by atoms with Gasteiger partial charge in [0.15, 0.2) is 0 Å². The zero-order chi connectivity index (χ0) is 16.8. The van der Waals surface area contributed by atoms with E-state index in [2.05, 4.69) is 54.7 Å². The van der Waals surface area contributed by atoms with Gasteiger partial charge in [-0.15, -0.1) is 0 Å². The van der Waals surface area contributed by atoms with Crippen molar-refractivity contribution in [1.82, 2.24) is 5.32 Å². The van der Waals surface area contributed by atoms with Crippen LogP contribution in [0, 0.1) is 5.92 Å². The maximum Gasteiger partial charge on any atom is 0.223 e. The van der Waals surface area contributed by atoms with Crippen LogP contribution in [0.15, 0.2) is 42.5 Å². The molecule has 0 radical (unpaired) electrons. The summed E-state index contributed by atoms with van der Waals surface area (Å²) in [5.74, 6) is 0.491. The van der Waals surface area contributed by atoms with E-state index in [0.29, 0.717) is 0 Å². The summed E-state index contributed by atoms with van der Waals surface area (Å²) < 4.78 is 0.